The van der Waals surface area contributed by atoms with Crippen LogP contribution >= 0.6 is 0 Å². The molecule has 3 aromatic rings. The smallest absolute Gasteiger partial charge is 0.273 e. The third-order valence-electron chi connectivity index (χ3n) is 3.95. The fourth-order valence-corrected chi connectivity index (χ4v) is 2.51. The molecular formula is C20H20N2O4. The summed E-state index contributed by atoms with van der Waals surface area (Å²) in [6.07, 6.45) is 0.701. The molecule has 1 heterocycles. The SMILES string of the molecule is COc1ccc(-c2cc(C(=O)NCCc3cccc(OC)c3)no2)cc1. The van der Waals surface area contributed by atoms with Crippen LogP contribution in [0.1, 0.15) is 16.1 Å². The lowest BCUT2D eigenvalue weighted by Crippen LogP contribution is -2.25. The van der Waals surface area contributed by atoms with Crippen LogP contribution in [0.15, 0.2) is 59.1 Å². The number of hydrogen-bond donors (Lipinski definition) is 1. The van der Waals surface area contributed by atoms with Crippen molar-refractivity contribution in [3.63, 3.8) is 0 Å². The molecule has 1 aromatic heterocycles. The number of hydrogen-bond acceptors (Lipinski definition) is 5. The van der Waals surface area contributed by atoms with Gasteiger partial charge in [-0.2, -0.15) is 0 Å². The second-order valence-corrected chi connectivity index (χ2v) is 5.66. The largest absolute Gasteiger partial charge is 0.497 e. The van der Waals surface area contributed by atoms with Crippen molar-refractivity contribution in [2.75, 3.05) is 20.8 Å². The second kappa shape index (κ2) is 8.20. The molecule has 0 saturated heterocycles. The van der Waals surface area contributed by atoms with Crippen LogP contribution in [-0.4, -0.2) is 31.8 Å². The number of nitrogens with one attached hydrogen (secondary N) is 1. The Kier molecular flexibility index (Phi) is 5.53. The average molecular weight is 352 g/mol. The van der Waals surface area contributed by atoms with Gasteiger partial charge in [0.2, 0.25) is 0 Å². The summed E-state index contributed by atoms with van der Waals surface area (Å²) in [4.78, 5) is 12.2. The Labute approximate surface area is 151 Å². The van der Waals surface area contributed by atoms with E-state index in [0.717, 1.165) is 22.6 Å². The Balaban J connectivity index is 1.57. The lowest BCUT2D eigenvalue weighted by atomic mass is 10.1. The predicted molar refractivity (Wildman–Crippen MR) is 97.5 cm³/mol. The molecule has 0 spiro atoms. The molecule has 1 N–H and O–H groups in total. The van der Waals surface area contributed by atoms with Crippen molar-refractivity contribution >= 4 is 5.91 Å². The summed E-state index contributed by atoms with van der Waals surface area (Å²) in [7, 11) is 3.24. The first-order valence-corrected chi connectivity index (χ1v) is 8.22. The van der Waals surface area contributed by atoms with E-state index in [-0.39, 0.29) is 11.6 Å². The zero-order chi connectivity index (χ0) is 18.4. The highest BCUT2D eigenvalue weighted by atomic mass is 16.5. The molecule has 3 rings (SSSR count). The molecule has 0 radical (unpaired) electrons. The van der Waals surface area contributed by atoms with Crippen LogP contribution in [0.2, 0.25) is 0 Å². The molecule has 6 heteroatoms. The van der Waals surface area contributed by atoms with Gasteiger partial charge in [-0.3, -0.25) is 4.79 Å². The molecular weight excluding hydrogens is 332 g/mol. The first kappa shape index (κ1) is 17.5. The molecule has 134 valence electrons. The average Bonchev–Trinajstić information content (AvgIpc) is 3.18. The Morgan fingerprint density at radius 2 is 1.81 bits per heavy atom. The maximum absolute atomic E-state index is 12.2. The second-order valence-electron chi connectivity index (χ2n) is 5.66. The van der Waals surface area contributed by atoms with Crippen LogP contribution in [0, 0.1) is 0 Å². The third-order valence-corrected chi connectivity index (χ3v) is 3.95. The Morgan fingerprint density at radius 3 is 2.54 bits per heavy atom. The van der Waals surface area contributed by atoms with Gasteiger partial charge in [-0.15, -0.1) is 0 Å². The molecule has 2 aromatic carbocycles. The quantitative estimate of drug-likeness (QED) is 0.706. The first-order valence-electron chi connectivity index (χ1n) is 8.22. The maximum atomic E-state index is 12.2. The lowest BCUT2D eigenvalue weighted by molar-refractivity contribution is 0.0945. The van der Waals surface area contributed by atoms with Crippen LogP contribution in [0.3, 0.4) is 0 Å². The molecule has 6 nitrogen and oxygen atoms in total. The topological polar surface area (TPSA) is 73.6 Å². The minimum absolute atomic E-state index is 0.251. The Hall–Kier alpha value is -3.28. The lowest BCUT2D eigenvalue weighted by Gasteiger charge is -2.05. The monoisotopic (exact) mass is 352 g/mol. The fraction of sp³-hybridized carbons (Fsp3) is 0.200. The number of amides is 1. The van der Waals surface area contributed by atoms with Crippen molar-refractivity contribution in [2.24, 2.45) is 0 Å². The summed E-state index contributed by atoms with van der Waals surface area (Å²) in [6, 6.07) is 16.7. The van der Waals surface area contributed by atoms with E-state index in [1.807, 2.05) is 48.5 Å². The highest BCUT2D eigenvalue weighted by molar-refractivity contribution is 5.93. The van der Waals surface area contributed by atoms with Gasteiger partial charge < -0.3 is 19.3 Å². The first-order chi connectivity index (χ1) is 12.7. The van der Waals surface area contributed by atoms with Gasteiger partial charge in [0.1, 0.15) is 11.5 Å². The van der Waals surface area contributed by atoms with Crippen molar-refractivity contribution in [3.8, 4) is 22.8 Å². The molecule has 0 aliphatic rings. The maximum Gasteiger partial charge on any atom is 0.273 e. The Morgan fingerprint density at radius 1 is 1.04 bits per heavy atom. The van der Waals surface area contributed by atoms with E-state index in [2.05, 4.69) is 10.5 Å². The van der Waals surface area contributed by atoms with Crippen molar-refractivity contribution < 1.29 is 18.8 Å². The minimum Gasteiger partial charge on any atom is -0.497 e. The van der Waals surface area contributed by atoms with Gasteiger partial charge in [-0.05, 0) is 48.4 Å². The number of rotatable bonds is 7. The molecule has 0 atom stereocenters. The highest BCUT2D eigenvalue weighted by Crippen LogP contribution is 2.23. The van der Waals surface area contributed by atoms with Gasteiger partial charge in [-0.1, -0.05) is 17.3 Å². The van der Waals surface area contributed by atoms with E-state index < -0.39 is 0 Å². The molecule has 1 amide bonds. The summed E-state index contributed by atoms with van der Waals surface area (Å²) in [5.41, 5.74) is 2.17. The molecule has 26 heavy (non-hydrogen) atoms. The van der Waals surface area contributed by atoms with E-state index in [4.69, 9.17) is 14.0 Å². The zero-order valence-electron chi connectivity index (χ0n) is 14.7. The number of nitrogens with zero attached hydrogens (tertiary/aromatic N) is 1. The van der Waals surface area contributed by atoms with E-state index in [9.17, 15) is 4.79 Å². The molecule has 0 unspecified atom stereocenters. The number of methoxy groups -OCH3 is 2. The van der Waals surface area contributed by atoms with E-state index in [1.165, 1.54) is 0 Å². The third kappa shape index (κ3) is 4.22. The number of carbonyl (C=O) groups is 1. The Bertz CT molecular complexity index is 872. The summed E-state index contributed by atoms with van der Waals surface area (Å²) < 4.78 is 15.6. The van der Waals surface area contributed by atoms with Gasteiger partial charge in [-0.25, -0.2) is 0 Å². The number of benzene rings is 2. The summed E-state index contributed by atoms with van der Waals surface area (Å²) in [5.74, 6) is 1.82. The summed E-state index contributed by atoms with van der Waals surface area (Å²) >= 11 is 0. The molecule has 0 fully saturated rings. The van der Waals surface area contributed by atoms with Crippen molar-refractivity contribution in [1.29, 1.82) is 0 Å². The molecule has 0 bridgehead atoms. The van der Waals surface area contributed by atoms with Gasteiger partial charge in [0, 0.05) is 18.2 Å². The van der Waals surface area contributed by atoms with Crippen LogP contribution < -0.4 is 14.8 Å². The van der Waals surface area contributed by atoms with Crippen LogP contribution in [0.5, 0.6) is 11.5 Å². The normalized spacial score (nSPS) is 10.4. The van der Waals surface area contributed by atoms with Crippen LogP contribution in [-0.2, 0) is 6.42 Å². The van der Waals surface area contributed by atoms with E-state index in [1.54, 1.807) is 20.3 Å². The standard InChI is InChI=1S/C20H20N2O4/c1-24-16-8-6-15(7-9-16)19-13-18(22-26-19)20(23)21-11-10-14-4-3-5-17(12-14)25-2/h3-9,12-13H,10-11H2,1-2H3,(H,21,23). The van der Waals surface area contributed by atoms with Gasteiger partial charge >= 0.3 is 0 Å². The number of carbonyl (C=O) groups excluding carboxylic acids is 1. The van der Waals surface area contributed by atoms with E-state index >= 15 is 0 Å². The minimum atomic E-state index is -0.267. The summed E-state index contributed by atoms with van der Waals surface area (Å²) in [6.45, 7) is 0.497. The van der Waals surface area contributed by atoms with E-state index in [0.29, 0.717) is 18.7 Å². The summed E-state index contributed by atoms with van der Waals surface area (Å²) in [5, 5.41) is 6.70. The fourth-order valence-electron chi connectivity index (χ4n) is 2.51. The molecule has 0 saturated carbocycles. The van der Waals surface area contributed by atoms with Gasteiger partial charge in [0.05, 0.1) is 14.2 Å². The van der Waals surface area contributed by atoms with Crippen LogP contribution in [0.25, 0.3) is 11.3 Å². The predicted octanol–water partition coefficient (Wildman–Crippen LogP) is 3.33. The molecule has 0 aliphatic heterocycles. The molecule has 0 aliphatic carbocycles. The van der Waals surface area contributed by atoms with Crippen molar-refractivity contribution in [2.45, 2.75) is 6.42 Å². The van der Waals surface area contributed by atoms with Crippen LogP contribution in [0.4, 0.5) is 0 Å². The van der Waals surface area contributed by atoms with Gasteiger partial charge in [0.25, 0.3) is 5.91 Å². The number of ether oxygens (including phenoxy) is 2. The highest BCUT2D eigenvalue weighted by Gasteiger charge is 2.13. The zero-order valence-corrected chi connectivity index (χ0v) is 14.7. The number of aromatic nitrogens is 1. The van der Waals surface area contributed by atoms with Crippen molar-refractivity contribution in [1.82, 2.24) is 10.5 Å². The van der Waals surface area contributed by atoms with Gasteiger partial charge in [0.15, 0.2) is 11.5 Å². The van der Waals surface area contributed by atoms with Crippen molar-refractivity contribution in [3.05, 3.63) is 65.9 Å².